The fraction of sp³-hybridized carbons (Fsp3) is 0.167. The molecule has 0 fully saturated rings. The van der Waals surface area contributed by atoms with E-state index in [1.165, 1.54) is 23.5 Å². The molecule has 4 aromatic rings. The first-order valence-corrected chi connectivity index (χ1v) is 10.8. The van der Waals surface area contributed by atoms with E-state index >= 15 is 0 Å². The van der Waals surface area contributed by atoms with Gasteiger partial charge in [-0.3, -0.25) is 4.98 Å². The maximum atomic E-state index is 14.3. The van der Waals surface area contributed by atoms with Crippen LogP contribution in [0.4, 0.5) is 14.5 Å². The molecule has 0 amide bonds. The lowest BCUT2D eigenvalue weighted by Gasteiger charge is -2.13. The zero-order chi connectivity index (χ0) is 22.5. The Labute approximate surface area is 188 Å². The van der Waals surface area contributed by atoms with Gasteiger partial charge in [-0.2, -0.15) is 0 Å². The first-order valence-electron chi connectivity index (χ1n) is 9.89. The SMILES string of the molecule is COc1ccc(OC)c(-c2csc(=Nc3ccc(F)cc3F)n2CCc2ccccn2)c1. The highest BCUT2D eigenvalue weighted by molar-refractivity contribution is 7.07. The van der Waals surface area contributed by atoms with E-state index in [4.69, 9.17) is 9.47 Å². The van der Waals surface area contributed by atoms with Crippen molar-refractivity contribution in [3.05, 3.63) is 88.3 Å². The second-order valence-electron chi connectivity index (χ2n) is 6.90. The molecule has 4 rings (SSSR count). The van der Waals surface area contributed by atoms with Crippen molar-refractivity contribution >= 4 is 17.0 Å². The molecule has 0 saturated carbocycles. The van der Waals surface area contributed by atoms with E-state index in [9.17, 15) is 8.78 Å². The molecule has 0 bridgehead atoms. The summed E-state index contributed by atoms with van der Waals surface area (Å²) in [6, 6.07) is 14.7. The highest BCUT2D eigenvalue weighted by Gasteiger charge is 2.15. The molecule has 32 heavy (non-hydrogen) atoms. The smallest absolute Gasteiger partial charge is 0.190 e. The summed E-state index contributed by atoms with van der Waals surface area (Å²) < 4.78 is 40.6. The van der Waals surface area contributed by atoms with Gasteiger partial charge in [-0.25, -0.2) is 13.8 Å². The largest absolute Gasteiger partial charge is 0.497 e. The van der Waals surface area contributed by atoms with Crippen LogP contribution in [0.5, 0.6) is 11.5 Å². The minimum absolute atomic E-state index is 0.0731. The normalized spacial score (nSPS) is 11.6. The summed E-state index contributed by atoms with van der Waals surface area (Å²) in [6.45, 7) is 0.553. The van der Waals surface area contributed by atoms with Gasteiger partial charge < -0.3 is 14.0 Å². The number of ether oxygens (including phenoxy) is 2. The highest BCUT2D eigenvalue weighted by Crippen LogP contribution is 2.34. The summed E-state index contributed by atoms with van der Waals surface area (Å²) in [6.07, 6.45) is 2.40. The molecule has 8 heteroatoms. The van der Waals surface area contributed by atoms with Gasteiger partial charge in [0.15, 0.2) is 10.6 Å². The molecule has 0 spiro atoms. The van der Waals surface area contributed by atoms with Gasteiger partial charge in [0.2, 0.25) is 0 Å². The topological polar surface area (TPSA) is 48.6 Å². The summed E-state index contributed by atoms with van der Waals surface area (Å²) in [5.74, 6) is 0.00805. The number of methoxy groups -OCH3 is 2. The maximum absolute atomic E-state index is 14.3. The first kappa shape index (κ1) is 21.7. The average molecular weight is 454 g/mol. The molecule has 0 aliphatic rings. The molecule has 0 atom stereocenters. The van der Waals surface area contributed by atoms with Gasteiger partial charge in [-0.1, -0.05) is 6.07 Å². The second-order valence-corrected chi connectivity index (χ2v) is 7.74. The van der Waals surface area contributed by atoms with Gasteiger partial charge in [-0.15, -0.1) is 11.3 Å². The molecule has 0 saturated heterocycles. The molecule has 5 nitrogen and oxygen atoms in total. The van der Waals surface area contributed by atoms with Crippen molar-refractivity contribution in [1.82, 2.24) is 9.55 Å². The standard InChI is InChI=1S/C24H21F2N3O2S/c1-30-18-7-9-23(31-2)19(14-18)22-15-32-24(28-21-8-6-16(25)13-20(21)26)29(22)12-10-17-5-3-4-11-27-17/h3-9,11,13-15H,10,12H2,1-2H3. The average Bonchev–Trinajstić information content (AvgIpc) is 3.22. The Morgan fingerprint density at radius 1 is 1.03 bits per heavy atom. The van der Waals surface area contributed by atoms with Gasteiger partial charge in [0, 0.05) is 41.9 Å². The van der Waals surface area contributed by atoms with E-state index in [2.05, 4.69) is 9.98 Å². The number of aryl methyl sites for hydroxylation is 1. The fourth-order valence-corrected chi connectivity index (χ4v) is 4.25. The Kier molecular flexibility index (Phi) is 6.61. The molecular weight excluding hydrogens is 432 g/mol. The van der Waals surface area contributed by atoms with Crippen LogP contribution >= 0.6 is 11.3 Å². The summed E-state index contributed by atoms with van der Waals surface area (Å²) in [4.78, 5) is 9.45. The second kappa shape index (κ2) is 9.74. The summed E-state index contributed by atoms with van der Waals surface area (Å²) in [5, 5.41) is 1.94. The molecule has 2 aromatic heterocycles. The summed E-state index contributed by atoms with van der Waals surface area (Å²) in [7, 11) is 3.21. The zero-order valence-electron chi connectivity index (χ0n) is 17.6. The minimum Gasteiger partial charge on any atom is -0.497 e. The van der Waals surface area contributed by atoms with Crippen molar-refractivity contribution in [2.24, 2.45) is 4.99 Å². The van der Waals surface area contributed by atoms with Crippen molar-refractivity contribution in [3.63, 3.8) is 0 Å². The molecule has 0 unspecified atom stereocenters. The third kappa shape index (κ3) is 4.70. The van der Waals surface area contributed by atoms with Crippen molar-refractivity contribution < 1.29 is 18.3 Å². The molecule has 2 heterocycles. The number of hydrogen-bond acceptors (Lipinski definition) is 5. The molecule has 0 radical (unpaired) electrons. The van der Waals surface area contributed by atoms with Gasteiger partial charge in [-0.05, 0) is 42.5 Å². The lowest BCUT2D eigenvalue weighted by atomic mass is 10.1. The maximum Gasteiger partial charge on any atom is 0.190 e. The van der Waals surface area contributed by atoms with Gasteiger partial charge in [0.05, 0.1) is 19.9 Å². The molecule has 164 valence electrons. The van der Waals surface area contributed by atoms with Crippen LogP contribution in [0.25, 0.3) is 11.3 Å². The van der Waals surface area contributed by atoms with Crippen LogP contribution in [0.1, 0.15) is 5.69 Å². The number of halogens is 2. The predicted molar refractivity (Wildman–Crippen MR) is 120 cm³/mol. The lowest BCUT2D eigenvalue weighted by molar-refractivity contribution is 0.404. The van der Waals surface area contributed by atoms with Crippen LogP contribution in [0, 0.1) is 11.6 Å². The third-order valence-electron chi connectivity index (χ3n) is 4.92. The highest BCUT2D eigenvalue weighted by atomic mass is 32.1. The number of thiazole rings is 1. The van der Waals surface area contributed by atoms with Crippen molar-refractivity contribution in [3.8, 4) is 22.8 Å². The number of aromatic nitrogens is 2. The minimum atomic E-state index is -0.713. The molecule has 0 aliphatic heterocycles. The third-order valence-corrected chi connectivity index (χ3v) is 5.79. The van der Waals surface area contributed by atoms with Gasteiger partial charge in [0.1, 0.15) is 23.0 Å². The van der Waals surface area contributed by atoms with Crippen LogP contribution < -0.4 is 14.3 Å². The Bertz CT molecular complexity index is 1290. The van der Waals surface area contributed by atoms with E-state index in [1.54, 1.807) is 20.4 Å². The molecule has 0 aliphatic carbocycles. The predicted octanol–water partition coefficient (Wildman–Crippen LogP) is 5.38. The Hall–Kier alpha value is -3.52. The van der Waals surface area contributed by atoms with Crippen molar-refractivity contribution in [2.45, 2.75) is 13.0 Å². The number of pyridine rings is 1. The first-order chi connectivity index (χ1) is 15.6. The summed E-state index contributed by atoms with van der Waals surface area (Å²) in [5.41, 5.74) is 2.67. The number of hydrogen-bond donors (Lipinski definition) is 0. The van der Waals surface area contributed by atoms with Gasteiger partial charge in [0.25, 0.3) is 0 Å². The number of rotatable bonds is 7. The lowest BCUT2D eigenvalue weighted by Crippen LogP contribution is -2.18. The van der Waals surface area contributed by atoms with Crippen LogP contribution in [0.2, 0.25) is 0 Å². The Balaban J connectivity index is 1.85. The molecule has 2 aromatic carbocycles. The summed E-state index contributed by atoms with van der Waals surface area (Å²) >= 11 is 1.37. The van der Waals surface area contributed by atoms with Crippen molar-refractivity contribution in [1.29, 1.82) is 0 Å². The van der Waals surface area contributed by atoms with Crippen molar-refractivity contribution in [2.75, 3.05) is 14.2 Å². The van der Waals surface area contributed by atoms with E-state index in [0.29, 0.717) is 29.3 Å². The Morgan fingerprint density at radius 3 is 2.62 bits per heavy atom. The van der Waals surface area contributed by atoms with Crippen LogP contribution in [0.15, 0.2) is 71.2 Å². The number of nitrogens with zero attached hydrogens (tertiary/aromatic N) is 3. The number of benzene rings is 2. The van der Waals surface area contributed by atoms with E-state index in [1.807, 2.05) is 46.3 Å². The molecule has 0 N–H and O–H groups in total. The molecular formula is C24H21F2N3O2S. The van der Waals surface area contributed by atoms with E-state index < -0.39 is 11.6 Å². The fourth-order valence-electron chi connectivity index (χ4n) is 3.31. The Morgan fingerprint density at radius 2 is 1.91 bits per heavy atom. The van der Waals surface area contributed by atoms with E-state index in [0.717, 1.165) is 23.0 Å². The van der Waals surface area contributed by atoms with Crippen LogP contribution in [-0.4, -0.2) is 23.8 Å². The van der Waals surface area contributed by atoms with E-state index in [-0.39, 0.29) is 5.69 Å². The van der Waals surface area contributed by atoms with Gasteiger partial charge >= 0.3 is 0 Å². The quantitative estimate of drug-likeness (QED) is 0.377. The van der Waals surface area contributed by atoms with Crippen LogP contribution in [-0.2, 0) is 13.0 Å². The zero-order valence-corrected chi connectivity index (χ0v) is 18.4. The monoisotopic (exact) mass is 453 g/mol. The van der Waals surface area contributed by atoms with Crippen LogP contribution in [0.3, 0.4) is 0 Å².